The van der Waals surface area contributed by atoms with Crippen molar-refractivity contribution in [2.75, 3.05) is 18.9 Å². The zero-order chi connectivity index (χ0) is 16.3. The van der Waals surface area contributed by atoms with E-state index in [2.05, 4.69) is 56.2 Å². The summed E-state index contributed by atoms with van der Waals surface area (Å²) in [7, 11) is 1.94. The largest absolute Gasteiger partial charge is 0.301 e. The van der Waals surface area contributed by atoms with Crippen LogP contribution in [0, 0.1) is 13.8 Å². The molecule has 0 aliphatic heterocycles. The molecular formula is C17H23N3OS. The van der Waals surface area contributed by atoms with Gasteiger partial charge in [0.25, 0.3) is 0 Å². The van der Waals surface area contributed by atoms with Crippen LogP contribution in [0.25, 0.3) is 11.3 Å². The van der Waals surface area contributed by atoms with Crippen LogP contribution in [-0.2, 0) is 4.79 Å². The molecule has 0 saturated heterocycles. The van der Waals surface area contributed by atoms with Crippen molar-refractivity contribution in [3.05, 3.63) is 34.7 Å². The lowest BCUT2D eigenvalue weighted by Gasteiger charge is -2.19. The lowest BCUT2D eigenvalue weighted by atomic mass is 10.1. The number of amides is 1. The number of anilines is 1. The second kappa shape index (κ2) is 7.03. The van der Waals surface area contributed by atoms with Crippen LogP contribution in [0.15, 0.2) is 23.6 Å². The number of rotatable bonds is 5. The molecule has 2 rings (SSSR count). The van der Waals surface area contributed by atoms with E-state index < -0.39 is 0 Å². The Bertz CT molecular complexity index is 664. The maximum Gasteiger partial charge on any atom is 0.240 e. The number of nitrogens with one attached hydrogen (secondary N) is 1. The molecule has 1 heterocycles. The first-order valence-electron chi connectivity index (χ1n) is 7.40. The Morgan fingerprint density at radius 1 is 1.32 bits per heavy atom. The third kappa shape index (κ3) is 4.15. The molecule has 0 fully saturated rings. The monoisotopic (exact) mass is 317 g/mol. The van der Waals surface area contributed by atoms with E-state index in [0.717, 1.165) is 11.3 Å². The number of hydrogen-bond acceptors (Lipinski definition) is 4. The van der Waals surface area contributed by atoms with E-state index in [1.165, 1.54) is 22.5 Å². The summed E-state index contributed by atoms with van der Waals surface area (Å²) >= 11 is 1.46. The summed E-state index contributed by atoms with van der Waals surface area (Å²) in [6.45, 7) is 8.69. The van der Waals surface area contributed by atoms with Crippen molar-refractivity contribution in [1.29, 1.82) is 0 Å². The maximum absolute atomic E-state index is 12.0. The highest BCUT2D eigenvalue weighted by Gasteiger charge is 2.12. The van der Waals surface area contributed by atoms with Crippen molar-refractivity contribution in [3.63, 3.8) is 0 Å². The van der Waals surface area contributed by atoms with Gasteiger partial charge in [-0.25, -0.2) is 4.98 Å². The molecule has 0 saturated carbocycles. The van der Waals surface area contributed by atoms with Gasteiger partial charge in [0.05, 0.1) is 12.2 Å². The van der Waals surface area contributed by atoms with Gasteiger partial charge in [-0.15, -0.1) is 11.3 Å². The van der Waals surface area contributed by atoms with E-state index in [9.17, 15) is 4.79 Å². The third-order valence-electron chi connectivity index (χ3n) is 3.83. The first kappa shape index (κ1) is 16.6. The Morgan fingerprint density at radius 3 is 2.68 bits per heavy atom. The smallest absolute Gasteiger partial charge is 0.240 e. The molecule has 0 spiro atoms. The summed E-state index contributed by atoms with van der Waals surface area (Å²) in [5, 5.41) is 5.50. The zero-order valence-electron chi connectivity index (χ0n) is 13.8. The Balaban J connectivity index is 2.05. The maximum atomic E-state index is 12.0. The van der Waals surface area contributed by atoms with E-state index in [4.69, 9.17) is 0 Å². The first-order chi connectivity index (χ1) is 10.4. The van der Waals surface area contributed by atoms with Crippen LogP contribution < -0.4 is 5.32 Å². The average Bonchev–Trinajstić information content (AvgIpc) is 2.90. The summed E-state index contributed by atoms with van der Waals surface area (Å²) in [6, 6.07) is 6.63. The second-order valence-electron chi connectivity index (χ2n) is 5.89. The number of hydrogen-bond donors (Lipinski definition) is 1. The summed E-state index contributed by atoms with van der Waals surface area (Å²) in [5.74, 6) is -0.0304. The van der Waals surface area contributed by atoms with Gasteiger partial charge in [0.1, 0.15) is 0 Å². The minimum atomic E-state index is -0.0304. The molecule has 0 aliphatic rings. The predicted octanol–water partition coefficient (Wildman–Crippen LogP) is 3.71. The molecule has 1 aromatic heterocycles. The first-order valence-corrected chi connectivity index (χ1v) is 8.28. The molecule has 118 valence electrons. The second-order valence-corrected chi connectivity index (χ2v) is 6.75. The standard InChI is InChI=1S/C17H23N3OS/c1-11(2)20(5)9-16(21)19-17-18-15(10-22-17)14-7-6-12(3)13(4)8-14/h6-8,10-11H,9H2,1-5H3,(H,18,19,21). The van der Waals surface area contributed by atoms with Crippen molar-refractivity contribution >= 4 is 22.4 Å². The lowest BCUT2D eigenvalue weighted by Crippen LogP contribution is -2.34. The third-order valence-corrected chi connectivity index (χ3v) is 4.59. The van der Waals surface area contributed by atoms with Gasteiger partial charge in [0, 0.05) is 17.0 Å². The highest BCUT2D eigenvalue weighted by molar-refractivity contribution is 7.14. The van der Waals surface area contributed by atoms with Crippen LogP contribution in [0.1, 0.15) is 25.0 Å². The Morgan fingerprint density at radius 2 is 2.05 bits per heavy atom. The molecule has 1 N–H and O–H groups in total. The molecule has 2 aromatic rings. The van der Waals surface area contributed by atoms with Crippen molar-refractivity contribution in [3.8, 4) is 11.3 Å². The Labute approximate surface area is 136 Å². The number of likely N-dealkylation sites (N-methyl/N-ethyl adjacent to an activating group) is 1. The highest BCUT2D eigenvalue weighted by atomic mass is 32.1. The van der Waals surface area contributed by atoms with E-state index in [1.807, 2.05) is 17.3 Å². The molecule has 0 bridgehead atoms. The molecule has 0 aliphatic carbocycles. The number of nitrogens with zero attached hydrogens (tertiary/aromatic N) is 2. The van der Waals surface area contributed by atoms with Crippen LogP contribution >= 0.6 is 11.3 Å². The van der Waals surface area contributed by atoms with Gasteiger partial charge in [-0.1, -0.05) is 12.1 Å². The van der Waals surface area contributed by atoms with Gasteiger partial charge in [-0.2, -0.15) is 0 Å². The highest BCUT2D eigenvalue weighted by Crippen LogP contribution is 2.26. The molecule has 5 heteroatoms. The molecule has 0 unspecified atom stereocenters. The molecular weight excluding hydrogens is 294 g/mol. The minimum absolute atomic E-state index is 0.0304. The number of aryl methyl sites for hydroxylation is 2. The normalized spacial score (nSPS) is 11.2. The van der Waals surface area contributed by atoms with E-state index in [0.29, 0.717) is 17.7 Å². The molecule has 22 heavy (non-hydrogen) atoms. The number of thiazole rings is 1. The van der Waals surface area contributed by atoms with Crippen LogP contribution in [-0.4, -0.2) is 35.4 Å². The van der Waals surface area contributed by atoms with Crippen molar-refractivity contribution in [2.45, 2.75) is 33.7 Å². The number of aromatic nitrogens is 1. The number of benzene rings is 1. The van der Waals surface area contributed by atoms with Crippen LogP contribution in [0.3, 0.4) is 0 Å². The summed E-state index contributed by atoms with van der Waals surface area (Å²) in [4.78, 5) is 18.5. The van der Waals surface area contributed by atoms with Crippen molar-refractivity contribution < 1.29 is 4.79 Å². The zero-order valence-corrected chi connectivity index (χ0v) is 14.6. The van der Waals surface area contributed by atoms with Crippen molar-refractivity contribution in [1.82, 2.24) is 9.88 Å². The number of carbonyl (C=O) groups is 1. The Hall–Kier alpha value is -1.72. The van der Waals surface area contributed by atoms with Gasteiger partial charge in [-0.05, 0) is 51.9 Å². The summed E-state index contributed by atoms with van der Waals surface area (Å²) < 4.78 is 0. The Kier molecular flexibility index (Phi) is 5.32. The molecule has 0 radical (unpaired) electrons. The van der Waals surface area contributed by atoms with Gasteiger partial charge < -0.3 is 5.32 Å². The summed E-state index contributed by atoms with van der Waals surface area (Å²) in [5.41, 5.74) is 4.50. The lowest BCUT2D eigenvalue weighted by molar-refractivity contribution is -0.117. The van der Waals surface area contributed by atoms with Gasteiger partial charge in [0.2, 0.25) is 5.91 Å². The SMILES string of the molecule is Cc1ccc(-c2csc(NC(=O)CN(C)C(C)C)n2)cc1C. The quantitative estimate of drug-likeness (QED) is 0.914. The molecule has 1 amide bonds. The predicted molar refractivity (Wildman–Crippen MR) is 93.4 cm³/mol. The fourth-order valence-electron chi connectivity index (χ4n) is 1.93. The number of carbonyl (C=O) groups excluding carboxylic acids is 1. The van der Waals surface area contributed by atoms with E-state index in [1.54, 1.807) is 0 Å². The molecule has 1 aromatic carbocycles. The topological polar surface area (TPSA) is 45.2 Å². The van der Waals surface area contributed by atoms with Gasteiger partial charge in [0.15, 0.2) is 5.13 Å². The van der Waals surface area contributed by atoms with E-state index >= 15 is 0 Å². The minimum Gasteiger partial charge on any atom is -0.301 e. The van der Waals surface area contributed by atoms with Crippen LogP contribution in [0.2, 0.25) is 0 Å². The summed E-state index contributed by atoms with van der Waals surface area (Å²) in [6.07, 6.45) is 0. The fraction of sp³-hybridized carbons (Fsp3) is 0.412. The van der Waals surface area contributed by atoms with Gasteiger partial charge in [-0.3, -0.25) is 9.69 Å². The molecule has 4 nitrogen and oxygen atoms in total. The van der Waals surface area contributed by atoms with Crippen LogP contribution in [0.4, 0.5) is 5.13 Å². The average molecular weight is 317 g/mol. The molecule has 0 atom stereocenters. The fourth-order valence-corrected chi connectivity index (χ4v) is 2.67. The van der Waals surface area contributed by atoms with E-state index in [-0.39, 0.29) is 5.91 Å². The van der Waals surface area contributed by atoms with Gasteiger partial charge >= 0.3 is 0 Å². The van der Waals surface area contributed by atoms with Crippen molar-refractivity contribution in [2.24, 2.45) is 0 Å². The van der Waals surface area contributed by atoms with Crippen LogP contribution in [0.5, 0.6) is 0 Å².